The van der Waals surface area contributed by atoms with Gasteiger partial charge in [0.25, 0.3) is 5.91 Å². The lowest BCUT2D eigenvalue weighted by molar-refractivity contribution is -0.131. The van der Waals surface area contributed by atoms with Crippen molar-refractivity contribution in [3.63, 3.8) is 0 Å². The molecule has 250 valence electrons. The molecule has 2 unspecified atom stereocenters. The molecule has 2 bridgehead atoms. The summed E-state index contributed by atoms with van der Waals surface area (Å²) in [4.78, 5) is 45.5. The van der Waals surface area contributed by atoms with E-state index in [1.165, 1.54) is 0 Å². The average Bonchev–Trinajstić information content (AvgIpc) is 3.13. The molecule has 2 aliphatic rings. The second-order valence-electron chi connectivity index (χ2n) is 11.3. The Balaban J connectivity index is 1.53. The van der Waals surface area contributed by atoms with E-state index in [2.05, 4.69) is 20.7 Å². The molecule has 4 rings (SSSR count). The van der Waals surface area contributed by atoms with E-state index < -0.39 is 116 Å². The first-order chi connectivity index (χ1) is 21.4. The fraction of sp³-hybridized carbons (Fsp3) is 0.429. The molecule has 0 heterocycles. The number of alkyl carbamates (subject to hydrolysis) is 1. The van der Waals surface area contributed by atoms with E-state index in [1.54, 1.807) is 0 Å². The molecule has 0 spiro atoms. The van der Waals surface area contributed by atoms with Crippen molar-refractivity contribution in [1.29, 1.82) is 0 Å². The Morgan fingerprint density at radius 1 is 1.07 bits per heavy atom. The highest BCUT2D eigenvalue weighted by atomic mass is 35.5. The quantitative estimate of drug-likeness (QED) is 0.200. The number of aliphatic hydroxyl groups is 2. The van der Waals surface area contributed by atoms with Gasteiger partial charge in [0.05, 0.1) is 29.0 Å². The van der Waals surface area contributed by atoms with Gasteiger partial charge in [0.15, 0.2) is 22.4 Å². The molecule has 2 saturated carbocycles. The van der Waals surface area contributed by atoms with Crippen molar-refractivity contribution in [1.82, 2.24) is 10.6 Å². The molecule has 7 N–H and O–H groups in total. The number of methoxy groups -OCH3 is 1. The first-order valence-electron chi connectivity index (χ1n) is 13.8. The molecule has 3 atom stereocenters. The number of hydrogen-bond acceptors (Lipinski definition) is 9. The predicted octanol–water partition coefficient (Wildman–Crippen LogP) is 1.74. The zero-order valence-corrected chi connectivity index (χ0v) is 25.7. The number of nitrogens with two attached hydrogens (primary N) is 1. The SMILES string of the molecule is COC(=O)N[C@@H](CC(N)=O)C(=O)NCC1(O)C2CCC1CC(O)(S(=O)(=O)c1cc(C(=O)Nc3cc(F)c(F)c(F)c3)ccc1Cl)C2. The van der Waals surface area contributed by atoms with Crippen LogP contribution in [0, 0.1) is 29.3 Å². The predicted molar refractivity (Wildman–Crippen MR) is 154 cm³/mol. The molecular weight excluding hydrogens is 661 g/mol. The van der Waals surface area contributed by atoms with Gasteiger partial charge in [-0.05, 0) is 55.7 Å². The normalized spacial score (nSPS) is 24.5. The third kappa shape index (κ3) is 6.77. The Labute approximate surface area is 265 Å². The topological polar surface area (TPSA) is 214 Å². The van der Waals surface area contributed by atoms with E-state index >= 15 is 0 Å². The van der Waals surface area contributed by atoms with E-state index in [0.29, 0.717) is 12.1 Å². The van der Waals surface area contributed by atoms with Crippen molar-refractivity contribution in [3.05, 3.63) is 58.4 Å². The maximum Gasteiger partial charge on any atom is 0.407 e. The van der Waals surface area contributed by atoms with Gasteiger partial charge in [0, 0.05) is 29.9 Å². The molecule has 13 nitrogen and oxygen atoms in total. The highest BCUT2D eigenvalue weighted by Gasteiger charge is 2.61. The number of carbonyl (C=O) groups is 4. The van der Waals surface area contributed by atoms with Crippen LogP contribution in [-0.4, -0.2) is 72.7 Å². The number of sulfone groups is 1. The van der Waals surface area contributed by atoms with E-state index in [-0.39, 0.29) is 23.4 Å². The van der Waals surface area contributed by atoms with E-state index in [4.69, 9.17) is 17.3 Å². The highest BCUT2D eigenvalue weighted by Crippen LogP contribution is 2.55. The molecule has 2 aromatic carbocycles. The van der Waals surface area contributed by atoms with Gasteiger partial charge < -0.3 is 36.6 Å². The Morgan fingerprint density at radius 2 is 1.65 bits per heavy atom. The smallest absolute Gasteiger partial charge is 0.407 e. The summed E-state index contributed by atoms with van der Waals surface area (Å²) in [5.74, 6) is -9.34. The van der Waals surface area contributed by atoms with E-state index in [9.17, 15) is 51.0 Å². The van der Waals surface area contributed by atoms with E-state index in [1.807, 2.05) is 0 Å². The van der Waals surface area contributed by atoms with E-state index in [0.717, 1.165) is 25.3 Å². The van der Waals surface area contributed by atoms with Gasteiger partial charge in [0.2, 0.25) is 21.7 Å². The van der Waals surface area contributed by atoms with Crippen LogP contribution in [0.3, 0.4) is 0 Å². The molecule has 2 aliphatic carbocycles. The Morgan fingerprint density at radius 3 is 2.20 bits per heavy atom. The van der Waals surface area contributed by atoms with Crippen LogP contribution in [0.15, 0.2) is 35.2 Å². The number of anilines is 1. The first kappa shape index (κ1) is 34.9. The molecular formula is C28H30ClF3N4O9S. The zero-order chi connectivity index (χ0) is 34.2. The number of hydrogen-bond donors (Lipinski definition) is 6. The third-order valence-corrected chi connectivity index (χ3v) is 11.1. The lowest BCUT2D eigenvalue weighted by Crippen LogP contribution is -2.60. The largest absolute Gasteiger partial charge is 0.453 e. The Hall–Kier alpha value is -3.93. The molecule has 0 aliphatic heterocycles. The number of ether oxygens (including phenoxy) is 1. The summed E-state index contributed by atoms with van der Waals surface area (Å²) < 4.78 is 72.6. The summed E-state index contributed by atoms with van der Waals surface area (Å²) in [6.07, 6.45) is -1.98. The van der Waals surface area contributed by atoms with Crippen LogP contribution in [0.1, 0.15) is 42.5 Å². The van der Waals surface area contributed by atoms with Crippen LogP contribution in [-0.2, 0) is 24.2 Å². The minimum Gasteiger partial charge on any atom is -0.453 e. The zero-order valence-electron chi connectivity index (χ0n) is 24.1. The maximum atomic E-state index is 13.9. The number of carbonyl (C=O) groups excluding carboxylic acids is 4. The average molecular weight is 691 g/mol. The lowest BCUT2D eigenvalue weighted by atomic mass is 9.73. The molecule has 46 heavy (non-hydrogen) atoms. The van der Waals surface area contributed by atoms with Crippen molar-refractivity contribution in [3.8, 4) is 0 Å². The second kappa shape index (κ2) is 13.1. The number of halogens is 4. The van der Waals surface area contributed by atoms with Gasteiger partial charge in [-0.2, -0.15) is 0 Å². The van der Waals surface area contributed by atoms with Gasteiger partial charge in [-0.3, -0.25) is 14.4 Å². The van der Waals surface area contributed by atoms with Crippen LogP contribution in [0.5, 0.6) is 0 Å². The molecule has 2 fully saturated rings. The fourth-order valence-electron chi connectivity index (χ4n) is 6.00. The van der Waals surface area contributed by atoms with Crippen LogP contribution in [0.25, 0.3) is 0 Å². The van der Waals surface area contributed by atoms with Gasteiger partial charge in [-0.1, -0.05) is 11.6 Å². The monoisotopic (exact) mass is 690 g/mol. The third-order valence-electron chi connectivity index (χ3n) is 8.38. The number of benzene rings is 2. The summed E-state index contributed by atoms with van der Waals surface area (Å²) in [6.45, 7) is -0.406. The van der Waals surface area contributed by atoms with Crippen molar-refractivity contribution >= 4 is 50.9 Å². The summed E-state index contributed by atoms with van der Waals surface area (Å²) in [5.41, 5.74) is 2.71. The standard InChI is InChI=1S/C28H30ClF3N4O9S/c1-45-26(40)36-20(9-22(33)37)25(39)34-12-28(42)14-3-4-15(28)11-27(41,10-14)46(43,44)21-6-13(2-5-17(21)29)24(38)35-16-7-18(30)23(32)19(31)8-16/h2,5-8,14-15,20,41-42H,3-4,9-12H2,1H3,(H2,33,37)(H,34,39)(H,35,38)(H,36,40)/t14?,15?,20-,27?,28?/m0/s1. The number of nitrogens with one attached hydrogen (secondary N) is 3. The molecule has 4 amide bonds. The Bertz CT molecular complexity index is 1660. The van der Waals surface area contributed by atoms with Gasteiger partial charge >= 0.3 is 6.09 Å². The fourth-order valence-corrected chi connectivity index (χ4v) is 8.28. The lowest BCUT2D eigenvalue weighted by Gasteiger charge is -2.46. The van der Waals surface area contributed by atoms with Crippen LogP contribution >= 0.6 is 11.6 Å². The van der Waals surface area contributed by atoms with Crippen LogP contribution < -0.4 is 21.7 Å². The minimum absolute atomic E-state index is 0.279. The summed E-state index contributed by atoms with van der Waals surface area (Å²) in [7, 11) is -3.68. The van der Waals surface area contributed by atoms with Gasteiger partial charge in [-0.25, -0.2) is 26.4 Å². The van der Waals surface area contributed by atoms with Crippen LogP contribution in [0.2, 0.25) is 5.02 Å². The van der Waals surface area contributed by atoms with Crippen molar-refractivity contribution in [2.24, 2.45) is 17.6 Å². The second-order valence-corrected chi connectivity index (χ2v) is 13.9. The summed E-state index contributed by atoms with van der Waals surface area (Å²) in [5, 5.41) is 29.5. The maximum absolute atomic E-state index is 13.9. The van der Waals surface area contributed by atoms with Gasteiger partial charge in [0.1, 0.15) is 6.04 Å². The number of rotatable bonds is 10. The molecule has 0 radical (unpaired) electrons. The summed E-state index contributed by atoms with van der Waals surface area (Å²) >= 11 is 6.20. The first-order valence-corrected chi connectivity index (χ1v) is 15.6. The highest BCUT2D eigenvalue weighted by molar-refractivity contribution is 7.92. The Kier molecular flexibility index (Phi) is 9.91. The van der Waals surface area contributed by atoms with Crippen LogP contribution in [0.4, 0.5) is 23.7 Å². The molecule has 0 saturated heterocycles. The van der Waals surface area contributed by atoms with Gasteiger partial charge in [-0.15, -0.1) is 0 Å². The molecule has 2 aromatic rings. The number of amides is 4. The van der Waals surface area contributed by atoms with Crippen molar-refractivity contribution in [2.45, 2.75) is 53.6 Å². The molecule has 0 aromatic heterocycles. The number of primary amides is 1. The minimum atomic E-state index is -4.73. The van der Waals surface area contributed by atoms with Crippen molar-refractivity contribution in [2.75, 3.05) is 19.0 Å². The summed E-state index contributed by atoms with van der Waals surface area (Å²) in [6, 6.07) is 2.72. The number of fused-ring (bicyclic) bond motifs is 2. The van der Waals surface area contributed by atoms with Crippen molar-refractivity contribution < 1.29 is 55.7 Å². The molecule has 18 heteroatoms.